The Labute approximate surface area is 147 Å². The van der Waals surface area contributed by atoms with E-state index in [9.17, 15) is 14.0 Å². The van der Waals surface area contributed by atoms with Crippen LogP contribution in [0.25, 0.3) is 10.6 Å². The third kappa shape index (κ3) is 5.31. The molecule has 128 valence electrons. The molecule has 2 aromatic rings. The third-order valence-electron chi connectivity index (χ3n) is 3.23. The van der Waals surface area contributed by atoms with E-state index in [1.807, 2.05) is 6.26 Å². The van der Waals surface area contributed by atoms with Gasteiger partial charge in [-0.15, -0.1) is 11.3 Å². The highest BCUT2D eigenvalue weighted by Gasteiger charge is 2.20. The van der Waals surface area contributed by atoms with Gasteiger partial charge < -0.3 is 10.4 Å². The Bertz CT molecular complexity index is 704. The van der Waals surface area contributed by atoms with Crippen LogP contribution in [0.1, 0.15) is 12.1 Å². The molecule has 0 radical (unpaired) electrons. The van der Waals surface area contributed by atoms with E-state index in [0.29, 0.717) is 22.9 Å². The molecule has 1 heterocycles. The largest absolute Gasteiger partial charge is 0.480 e. The van der Waals surface area contributed by atoms with E-state index in [4.69, 9.17) is 5.11 Å². The second-order valence-electron chi connectivity index (χ2n) is 5.07. The lowest BCUT2D eigenvalue weighted by Crippen LogP contribution is -2.41. The molecule has 1 amide bonds. The molecule has 1 atom stereocenters. The van der Waals surface area contributed by atoms with Crippen LogP contribution in [0.5, 0.6) is 0 Å². The summed E-state index contributed by atoms with van der Waals surface area (Å²) < 4.78 is 12.9. The zero-order valence-electron chi connectivity index (χ0n) is 13.0. The lowest BCUT2D eigenvalue weighted by atomic mass is 10.2. The van der Waals surface area contributed by atoms with Crippen LogP contribution in [-0.2, 0) is 16.0 Å². The molecule has 0 saturated heterocycles. The predicted molar refractivity (Wildman–Crippen MR) is 93.8 cm³/mol. The number of carboxylic acids is 1. The molecule has 0 aliphatic heterocycles. The first-order valence-corrected chi connectivity index (χ1v) is 9.48. The van der Waals surface area contributed by atoms with E-state index in [0.717, 1.165) is 5.56 Å². The van der Waals surface area contributed by atoms with Crippen LogP contribution in [-0.4, -0.2) is 40.0 Å². The molecule has 0 spiro atoms. The van der Waals surface area contributed by atoms with E-state index in [1.165, 1.54) is 35.2 Å². The number of thiazole rings is 1. The van der Waals surface area contributed by atoms with Gasteiger partial charge in [0.05, 0.1) is 12.1 Å². The van der Waals surface area contributed by atoms with E-state index in [2.05, 4.69) is 10.3 Å². The molecular weight excluding hydrogens is 351 g/mol. The molecule has 1 unspecified atom stereocenters. The van der Waals surface area contributed by atoms with E-state index >= 15 is 0 Å². The summed E-state index contributed by atoms with van der Waals surface area (Å²) in [6.45, 7) is 0. The summed E-state index contributed by atoms with van der Waals surface area (Å²) in [4.78, 5) is 27.5. The topological polar surface area (TPSA) is 79.3 Å². The molecule has 24 heavy (non-hydrogen) atoms. The number of carbonyl (C=O) groups is 2. The van der Waals surface area contributed by atoms with Crippen LogP contribution >= 0.6 is 23.1 Å². The second-order valence-corrected chi connectivity index (χ2v) is 6.91. The average Bonchev–Trinajstić information content (AvgIpc) is 3.00. The monoisotopic (exact) mass is 368 g/mol. The van der Waals surface area contributed by atoms with Gasteiger partial charge in [-0.2, -0.15) is 11.8 Å². The van der Waals surface area contributed by atoms with Crippen LogP contribution in [0, 0.1) is 5.82 Å². The van der Waals surface area contributed by atoms with Crippen molar-refractivity contribution in [2.45, 2.75) is 18.9 Å². The zero-order chi connectivity index (χ0) is 17.5. The van der Waals surface area contributed by atoms with Gasteiger partial charge in [0.1, 0.15) is 16.9 Å². The highest BCUT2D eigenvalue weighted by Crippen LogP contribution is 2.24. The fraction of sp³-hybridized carbons (Fsp3) is 0.312. The van der Waals surface area contributed by atoms with Crippen molar-refractivity contribution >= 4 is 35.0 Å². The van der Waals surface area contributed by atoms with Crippen molar-refractivity contribution in [3.05, 3.63) is 41.2 Å². The van der Waals surface area contributed by atoms with Crippen molar-refractivity contribution in [2.75, 3.05) is 12.0 Å². The Kier molecular flexibility index (Phi) is 6.74. The maximum Gasteiger partial charge on any atom is 0.326 e. The predicted octanol–water partition coefficient (Wildman–Crippen LogP) is 2.81. The molecule has 0 fully saturated rings. The second kappa shape index (κ2) is 8.79. The van der Waals surface area contributed by atoms with Gasteiger partial charge in [0.2, 0.25) is 5.91 Å². The minimum Gasteiger partial charge on any atom is -0.480 e. The number of hydrogen-bond donors (Lipinski definition) is 2. The van der Waals surface area contributed by atoms with Gasteiger partial charge in [-0.05, 0) is 42.7 Å². The Hall–Kier alpha value is -1.93. The minimum atomic E-state index is -1.04. The van der Waals surface area contributed by atoms with Crippen molar-refractivity contribution in [1.29, 1.82) is 0 Å². The Balaban J connectivity index is 1.97. The fourth-order valence-corrected chi connectivity index (χ4v) is 3.31. The van der Waals surface area contributed by atoms with Crippen molar-refractivity contribution in [1.82, 2.24) is 10.3 Å². The molecule has 0 saturated carbocycles. The maximum absolute atomic E-state index is 12.9. The first kappa shape index (κ1) is 18.4. The molecule has 1 aromatic heterocycles. The molecular formula is C16H17FN2O3S2. The summed E-state index contributed by atoms with van der Waals surface area (Å²) >= 11 is 2.88. The SMILES string of the molecule is CSCCC(NC(=O)Cc1csc(-c2ccc(F)cc2)n1)C(=O)O. The lowest BCUT2D eigenvalue weighted by molar-refractivity contribution is -0.141. The van der Waals surface area contributed by atoms with Crippen molar-refractivity contribution in [2.24, 2.45) is 0 Å². The standard InChI is InChI=1S/C16H17FN2O3S2/c1-23-7-6-13(16(21)22)19-14(20)8-12-9-24-15(18-12)10-2-4-11(17)5-3-10/h2-5,9,13H,6-8H2,1H3,(H,19,20)(H,21,22). The van der Waals surface area contributed by atoms with Gasteiger partial charge in [-0.3, -0.25) is 4.79 Å². The number of hydrogen-bond acceptors (Lipinski definition) is 5. The number of amides is 1. The maximum atomic E-state index is 12.9. The quantitative estimate of drug-likeness (QED) is 0.749. The summed E-state index contributed by atoms with van der Waals surface area (Å²) in [5.41, 5.74) is 1.34. The van der Waals surface area contributed by atoms with Gasteiger partial charge in [0.15, 0.2) is 0 Å². The molecule has 5 nitrogen and oxygen atoms in total. The van der Waals surface area contributed by atoms with Gasteiger partial charge in [-0.25, -0.2) is 14.2 Å². The number of thioether (sulfide) groups is 1. The first-order valence-electron chi connectivity index (χ1n) is 7.21. The Morgan fingerprint density at radius 2 is 2.08 bits per heavy atom. The fourth-order valence-electron chi connectivity index (χ4n) is 2.02. The number of aliphatic carboxylic acids is 1. The minimum absolute atomic E-state index is 0.0146. The molecule has 2 N–H and O–H groups in total. The van der Waals surface area contributed by atoms with Crippen molar-refractivity contribution < 1.29 is 19.1 Å². The van der Waals surface area contributed by atoms with Crippen LogP contribution in [0.4, 0.5) is 4.39 Å². The summed E-state index contributed by atoms with van der Waals surface area (Å²) in [5, 5.41) is 14.1. The Morgan fingerprint density at radius 1 is 1.38 bits per heavy atom. The van der Waals surface area contributed by atoms with E-state index in [1.54, 1.807) is 17.5 Å². The first-order chi connectivity index (χ1) is 11.5. The summed E-state index contributed by atoms with van der Waals surface area (Å²) in [5.74, 6) is -1.08. The highest BCUT2D eigenvalue weighted by atomic mass is 32.2. The van der Waals surface area contributed by atoms with Crippen molar-refractivity contribution in [3.63, 3.8) is 0 Å². The smallest absolute Gasteiger partial charge is 0.326 e. The van der Waals surface area contributed by atoms with Gasteiger partial charge in [0, 0.05) is 10.9 Å². The summed E-state index contributed by atoms with van der Waals surface area (Å²) in [6, 6.07) is 5.07. The Morgan fingerprint density at radius 3 is 2.71 bits per heavy atom. The number of benzene rings is 1. The number of carbonyl (C=O) groups excluding carboxylic acids is 1. The number of halogens is 1. The van der Waals surface area contributed by atoms with Gasteiger partial charge >= 0.3 is 5.97 Å². The molecule has 2 rings (SSSR count). The third-order valence-corrected chi connectivity index (χ3v) is 4.81. The molecule has 0 aliphatic carbocycles. The summed E-state index contributed by atoms with van der Waals surface area (Å²) in [7, 11) is 0. The zero-order valence-corrected chi connectivity index (χ0v) is 14.6. The number of nitrogens with one attached hydrogen (secondary N) is 1. The number of rotatable bonds is 8. The summed E-state index contributed by atoms with van der Waals surface area (Å²) in [6.07, 6.45) is 2.27. The number of carboxylic acid groups (broad SMARTS) is 1. The van der Waals surface area contributed by atoms with Crippen LogP contribution in [0.15, 0.2) is 29.6 Å². The van der Waals surface area contributed by atoms with Crippen molar-refractivity contribution in [3.8, 4) is 10.6 Å². The molecule has 1 aromatic carbocycles. The van der Waals surface area contributed by atoms with E-state index in [-0.39, 0.29) is 18.1 Å². The van der Waals surface area contributed by atoms with Gasteiger partial charge in [-0.1, -0.05) is 0 Å². The van der Waals surface area contributed by atoms with E-state index < -0.39 is 12.0 Å². The van der Waals surface area contributed by atoms with Crippen LogP contribution < -0.4 is 5.32 Å². The van der Waals surface area contributed by atoms with Crippen LogP contribution in [0.3, 0.4) is 0 Å². The van der Waals surface area contributed by atoms with Crippen LogP contribution in [0.2, 0.25) is 0 Å². The normalized spacial score (nSPS) is 11.9. The molecule has 0 aliphatic rings. The van der Waals surface area contributed by atoms with Gasteiger partial charge in [0.25, 0.3) is 0 Å². The lowest BCUT2D eigenvalue weighted by Gasteiger charge is -2.13. The molecule has 8 heteroatoms. The number of aromatic nitrogens is 1. The highest BCUT2D eigenvalue weighted by molar-refractivity contribution is 7.98. The molecule has 0 bridgehead atoms. The number of nitrogens with zero attached hydrogens (tertiary/aromatic N) is 1. The average molecular weight is 368 g/mol.